The Morgan fingerprint density at radius 1 is 1.25 bits per heavy atom. The maximum atomic E-state index is 8.00. The van der Waals surface area contributed by atoms with Crippen LogP contribution in [0.5, 0.6) is 0 Å². The molecule has 0 aliphatic heterocycles. The fourth-order valence-electron chi connectivity index (χ4n) is 1.69. The van der Waals surface area contributed by atoms with E-state index in [1.807, 2.05) is 30.3 Å². The van der Waals surface area contributed by atoms with Crippen molar-refractivity contribution in [2.24, 2.45) is 0 Å². The highest BCUT2D eigenvalue weighted by atomic mass is 79.9. The van der Waals surface area contributed by atoms with Crippen LogP contribution in [0.1, 0.15) is 24.8 Å². The largest absolute Gasteiger partial charge is 0.293 e. The average Bonchev–Trinajstić information content (AvgIpc) is 2.31. The second-order valence-electron chi connectivity index (χ2n) is 3.71. The minimum atomic E-state index is 0. The lowest BCUT2D eigenvalue weighted by Gasteiger charge is -2.15. The highest BCUT2D eigenvalue weighted by Crippen LogP contribution is 2.26. The van der Waals surface area contributed by atoms with Crippen LogP contribution in [0.4, 0.5) is 0 Å². The van der Waals surface area contributed by atoms with Crippen molar-refractivity contribution < 1.29 is 0 Å². The van der Waals surface area contributed by atoms with Crippen molar-refractivity contribution in [3.63, 3.8) is 0 Å². The van der Waals surface area contributed by atoms with Gasteiger partial charge in [0, 0.05) is 10.8 Å². The van der Waals surface area contributed by atoms with Gasteiger partial charge < -0.3 is 0 Å². The maximum absolute atomic E-state index is 8.00. The van der Waals surface area contributed by atoms with Crippen molar-refractivity contribution >= 4 is 33.8 Å². The minimum absolute atomic E-state index is 0. The molecule has 2 rings (SSSR count). The Bertz CT molecular complexity index is 361. The Morgan fingerprint density at radius 3 is 2.62 bits per heavy atom. The quantitative estimate of drug-likeness (QED) is 0.487. The molecule has 1 aromatic carbocycles. The Labute approximate surface area is 112 Å². The van der Waals surface area contributed by atoms with Crippen LogP contribution in [0.3, 0.4) is 0 Å². The SMILES string of the molecule is Br.N=C(SC1C=CCCC1)c1ccccc1. The summed E-state index contributed by atoms with van der Waals surface area (Å²) in [5.41, 5.74) is 1.03. The summed E-state index contributed by atoms with van der Waals surface area (Å²) in [7, 11) is 0. The van der Waals surface area contributed by atoms with Gasteiger partial charge in [-0.15, -0.1) is 17.0 Å². The van der Waals surface area contributed by atoms with Gasteiger partial charge in [0.2, 0.25) is 0 Å². The van der Waals surface area contributed by atoms with E-state index in [1.54, 1.807) is 11.8 Å². The summed E-state index contributed by atoms with van der Waals surface area (Å²) < 4.78 is 0. The first kappa shape index (κ1) is 13.5. The molecule has 1 aliphatic carbocycles. The first-order valence-corrected chi connectivity index (χ1v) is 6.21. The third-order valence-corrected chi connectivity index (χ3v) is 3.68. The molecule has 0 aromatic heterocycles. The summed E-state index contributed by atoms with van der Waals surface area (Å²) in [5, 5.41) is 9.19. The second-order valence-corrected chi connectivity index (χ2v) is 4.96. The molecular formula is C13H16BrNS. The van der Waals surface area contributed by atoms with Gasteiger partial charge in [-0.25, -0.2) is 0 Å². The molecule has 1 aromatic rings. The van der Waals surface area contributed by atoms with Gasteiger partial charge in [-0.05, 0) is 19.3 Å². The predicted molar refractivity (Wildman–Crippen MR) is 78.0 cm³/mol. The predicted octanol–water partition coefficient (Wildman–Crippen LogP) is 4.43. The molecule has 1 atom stereocenters. The van der Waals surface area contributed by atoms with Crippen molar-refractivity contribution in [1.29, 1.82) is 5.41 Å². The number of thioether (sulfide) groups is 1. The lowest BCUT2D eigenvalue weighted by molar-refractivity contribution is 0.743. The average molecular weight is 298 g/mol. The number of rotatable bonds is 2. The minimum Gasteiger partial charge on any atom is -0.293 e. The highest BCUT2D eigenvalue weighted by Gasteiger charge is 2.12. The summed E-state index contributed by atoms with van der Waals surface area (Å²) >= 11 is 1.67. The van der Waals surface area contributed by atoms with Crippen molar-refractivity contribution in [2.45, 2.75) is 24.5 Å². The van der Waals surface area contributed by atoms with Crippen molar-refractivity contribution in [3.05, 3.63) is 48.0 Å². The zero-order chi connectivity index (χ0) is 10.5. The first-order valence-electron chi connectivity index (χ1n) is 5.33. The van der Waals surface area contributed by atoms with E-state index >= 15 is 0 Å². The fraction of sp³-hybridized carbons (Fsp3) is 0.308. The molecule has 0 spiro atoms. The van der Waals surface area contributed by atoms with Gasteiger partial charge in [0.25, 0.3) is 0 Å². The zero-order valence-corrected chi connectivity index (χ0v) is 11.6. The number of hydrogen-bond acceptors (Lipinski definition) is 2. The van der Waals surface area contributed by atoms with E-state index in [4.69, 9.17) is 5.41 Å². The van der Waals surface area contributed by atoms with Crippen molar-refractivity contribution in [3.8, 4) is 0 Å². The fourth-order valence-corrected chi connectivity index (χ4v) is 2.74. The van der Waals surface area contributed by atoms with Gasteiger partial charge in [-0.3, -0.25) is 5.41 Å². The van der Waals surface area contributed by atoms with Crippen LogP contribution in [0.2, 0.25) is 0 Å². The van der Waals surface area contributed by atoms with E-state index in [-0.39, 0.29) is 17.0 Å². The molecule has 1 nitrogen and oxygen atoms in total. The van der Waals surface area contributed by atoms with Crippen LogP contribution < -0.4 is 0 Å². The summed E-state index contributed by atoms with van der Waals surface area (Å²) in [6, 6.07) is 9.97. The molecule has 0 saturated heterocycles. The Balaban J connectivity index is 0.00000128. The monoisotopic (exact) mass is 297 g/mol. The molecule has 0 bridgehead atoms. The molecule has 0 saturated carbocycles. The molecule has 1 aliphatic rings. The standard InChI is InChI=1S/C13H15NS.BrH/c14-13(11-7-3-1-4-8-11)15-12-9-5-2-6-10-12;/h1,3-5,7-9,12,14H,2,6,10H2;1H. The first-order chi connectivity index (χ1) is 7.36. The molecule has 1 unspecified atom stereocenters. The Kier molecular flexibility index (Phi) is 5.85. The Morgan fingerprint density at radius 2 is 2.00 bits per heavy atom. The summed E-state index contributed by atoms with van der Waals surface area (Å²) in [5.74, 6) is 0. The van der Waals surface area contributed by atoms with Crippen LogP contribution in [-0.4, -0.2) is 10.3 Å². The summed E-state index contributed by atoms with van der Waals surface area (Å²) in [6.07, 6.45) is 8.15. The van der Waals surface area contributed by atoms with Gasteiger partial charge in [-0.1, -0.05) is 54.2 Å². The van der Waals surface area contributed by atoms with Crippen LogP contribution in [0.25, 0.3) is 0 Å². The molecule has 0 fully saturated rings. The smallest absolute Gasteiger partial charge is 0.0948 e. The summed E-state index contributed by atoms with van der Waals surface area (Å²) in [4.78, 5) is 0. The second kappa shape index (κ2) is 6.92. The maximum Gasteiger partial charge on any atom is 0.0948 e. The van der Waals surface area contributed by atoms with E-state index in [1.165, 1.54) is 19.3 Å². The number of halogens is 1. The highest BCUT2D eigenvalue weighted by molar-refractivity contribution is 8.93. The molecule has 86 valence electrons. The third-order valence-electron chi connectivity index (χ3n) is 2.52. The lowest BCUT2D eigenvalue weighted by Crippen LogP contribution is -2.06. The van der Waals surface area contributed by atoms with Crippen LogP contribution in [0.15, 0.2) is 42.5 Å². The molecule has 0 radical (unpaired) electrons. The summed E-state index contributed by atoms with van der Waals surface area (Å²) in [6.45, 7) is 0. The number of nitrogens with one attached hydrogen (secondary N) is 1. The van der Waals surface area contributed by atoms with Gasteiger partial charge in [-0.2, -0.15) is 0 Å². The zero-order valence-electron chi connectivity index (χ0n) is 9.06. The van der Waals surface area contributed by atoms with Crippen molar-refractivity contribution in [2.75, 3.05) is 0 Å². The molecule has 0 heterocycles. The van der Waals surface area contributed by atoms with Gasteiger partial charge in [0.15, 0.2) is 0 Å². The van der Waals surface area contributed by atoms with Crippen LogP contribution >= 0.6 is 28.7 Å². The van der Waals surface area contributed by atoms with Gasteiger partial charge in [0.1, 0.15) is 0 Å². The lowest BCUT2D eigenvalue weighted by atomic mass is 10.1. The van der Waals surface area contributed by atoms with E-state index in [2.05, 4.69) is 12.2 Å². The normalized spacial score (nSPS) is 18.9. The molecule has 0 amide bonds. The van der Waals surface area contributed by atoms with E-state index in [0.717, 1.165) is 5.56 Å². The Hall–Kier alpha value is -0.540. The number of hydrogen-bond donors (Lipinski definition) is 1. The van der Waals surface area contributed by atoms with Crippen LogP contribution in [-0.2, 0) is 0 Å². The molecule has 1 N–H and O–H groups in total. The topological polar surface area (TPSA) is 23.9 Å². The van der Waals surface area contributed by atoms with Crippen LogP contribution in [0, 0.1) is 5.41 Å². The molecule has 3 heteroatoms. The van der Waals surface area contributed by atoms with Gasteiger partial charge in [0.05, 0.1) is 5.04 Å². The van der Waals surface area contributed by atoms with E-state index in [0.29, 0.717) is 10.3 Å². The third kappa shape index (κ3) is 3.80. The van der Waals surface area contributed by atoms with Gasteiger partial charge >= 0.3 is 0 Å². The number of allylic oxidation sites excluding steroid dienone is 1. The molecule has 16 heavy (non-hydrogen) atoms. The number of benzene rings is 1. The van der Waals surface area contributed by atoms with E-state index in [9.17, 15) is 0 Å². The molecular weight excluding hydrogens is 282 g/mol. The van der Waals surface area contributed by atoms with Crippen molar-refractivity contribution in [1.82, 2.24) is 0 Å². The van der Waals surface area contributed by atoms with E-state index < -0.39 is 0 Å².